The molecule has 1 atom stereocenters. The summed E-state index contributed by atoms with van der Waals surface area (Å²) < 4.78 is 15.3. The molecule has 1 unspecified atom stereocenters. The first-order valence-electron chi connectivity index (χ1n) is 8.81. The molecule has 0 bridgehead atoms. The number of esters is 2. The summed E-state index contributed by atoms with van der Waals surface area (Å²) in [6, 6.07) is 0. The monoisotopic (exact) mass is 388 g/mol. The van der Waals surface area contributed by atoms with E-state index >= 15 is 0 Å². The highest BCUT2D eigenvalue weighted by molar-refractivity contribution is 5.89. The van der Waals surface area contributed by atoms with Gasteiger partial charge in [0.05, 0.1) is 25.2 Å². The number of aliphatic hydroxyl groups is 2. The van der Waals surface area contributed by atoms with E-state index < -0.39 is 35.9 Å². The Morgan fingerprint density at radius 2 is 1.70 bits per heavy atom. The SMILES string of the molecule is C=C(C)C(=O)OCC(CO)OC(=O)CCC(=O)C(C)(C)OCCC(C)(C)O. The lowest BCUT2D eigenvalue weighted by atomic mass is 9.99. The first kappa shape index (κ1) is 25.2. The number of Topliss-reactive ketones (excluding diaryl/α,β-unsaturated/α-hetero) is 1. The topological polar surface area (TPSA) is 119 Å². The lowest BCUT2D eigenvalue weighted by Crippen LogP contribution is -2.37. The summed E-state index contributed by atoms with van der Waals surface area (Å²) in [5.74, 6) is -1.63. The van der Waals surface area contributed by atoms with Crippen molar-refractivity contribution in [3.63, 3.8) is 0 Å². The minimum Gasteiger partial charge on any atom is -0.458 e. The fraction of sp³-hybridized carbons (Fsp3) is 0.737. The number of ether oxygens (including phenoxy) is 3. The van der Waals surface area contributed by atoms with Crippen LogP contribution in [0, 0.1) is 0 Å². The molecular formula is C19H32O8. The standard InChI is InChI=1S/C19H32O8/c1-13(2)17(23)25-12-14(11-20)27-16(22)8-7-15(21)19(5,6)26-10-9-18(3,4)24/h14,20,24H,1,7-12H2,2-6H3. The fourth-order valence-electron chi connectivity index (χ4n) is 1.81. The predicted molar refractivity (Wildman–Crippen MR) is 97.9 cm³/mol. The Labute approximate surface area is 160 Å². The first-order valence-corrected chi connectivity index (χ1v) is 8.81. The highest BCUT2D eigenvalue weighted by Crippen LogP contribution is 2.17. The van der Waals surface area contributed by atoms with E-state index in [0.717, 1.165) is 0 Å². The van der Waals surface area contributed by atoms with Crippen molar-refractivity contribution in [1.29, 1.82) is 0 Å². The van der Waals surface area contributed by atoms with Gasteiger partial charge in [-0.25, -0.2) is 4.79 Å². The minimum atomic E-state index is -1.10. The molecule has 8 nitrogen and oxygen atoms in total. The van der Waals surface area contributed by atoms with E-state index in [1.54, 1.807) is 27.7 Å². The summed E-state index contributed by atoms with van der Waals surface area (Å²) in [6.45, 7) is 10.8. The van der Waals surface area contributed by atoms with E-state index in [1.165, 1.54) is 6.92 Å². The maximum Gasteiger partial charge on any atom is 0.333 e. The summed E-state index contributed by atoms with van der Waals surface area (Å²) in [7, 11) is 0. The van der Waals surface area contributed by atoms with Gasteiger partial charge in [-0.1, -0.05) is 6.58 Å². The van der Waals surface area contributed by atoms with Gasteiger partial charge in [-0.3, -0.25) is 9.59 Å². The molecule has 0 saturated carbocycles. The quantitative estimate of drug-likeness (QED) is 0.358. The maximum absolute atomic E-state index is 12.2. The molecule has 8 heteroatoms. The molecule has 0 saturated heterocycles. The Balaban J connectivity index is 4.35. The van der Waals surface area contributed by atoms with Crippen LogP contribution in [0.2, 0.25) is 0 Å². The fourth-order valence-corrected chi connectivity index (χ4v) is 1.81. The second kappa shape index (κ2) is 11.2. The van der Waals surface area contributed by atoms with E-state index in [4.69, 9.17) is 14.2 Å². The lowest BCUT2D eigenvalue weighted by molar-refractivity contribution is -0.160. The summed E-state index contributed by atoms with van der Waals surface area (Å²) >= 11 is 0. The molecule has 0 aromatic rings. The van der Waals surface area contributed by atoms with Crippen molar-refractivity contribution < 1.29 is 38.8 Å². The van der Waals surface area contributed by atoms with Gasteiger partial charge in [0.25, 0.3) is 0 Å². The van der Waals surface area contributed by atoms with Crippen LogP contribution in [-0.4, -0.2) is 65.1 Å². The maximum atomic E-state index is 12.2. The molecule has 0 heterocycles. The second-order valence-corrected chi connectivity index (χ2v) is 7.52. The van der Waals surface area contributed by atoms with Crippen LogP contribution in [0.3, 0.4) is 0 Å². The van der Waals surface area contributed by atoms with E-state index in [0.29, 0.717) is 6.42 Å². The molecule has 0 aliphatic rings. The smallest absolute Gasteiger partial charge is 0.333 e. The van der Waals surface area contributed by atoms with Crippen molar-refractivity contribution in [2.24, 2.45) is 0 Å². The number of hydrogen-bond donors (Lipinski definition) is 2. The average Bonchev–Trinajstić information content (AvgIpc) is 2.54. The first-order chi connectivity index (χ1) is 12.3. The number of aliphatic hydroxyl groups excluding tert-OH is 1. The highest BCUT2D eigenvalue weighted by Gasteiger charge is 2.29. The molecule has 0 radical (unpaired) electrons. The van der Waals surface area contributed by atoms with Gasteiger partial charge in [0.2, 0.25) is 0 Å². The van der Waals surface area contributed by atoms with Gasteiger partial charge >= 0.3 is 11.9 Å². The van der Waals surface area contributed by atoms with Crippen LogP contribution in [-0.2, 0) is 28.6 Å². The number of carbonyl (C=O) groups is 3. The number of rotatable bonds is 13. The Hall–Kier alpha value is -1.77. The van der Waals surface area contributed by atoms with Crippen LogP contribution in [0.1, 0.15) is 53.9 Å². The van der Waals surface area contributed by atoms with Gasteiger partial charge < -0.3 is 24.4 Å². The molecule has 0 fully saturated rings. The zero-order chi connectivity index (χ0) is 21.3. The van der Waals surface area contributed by atoms with Crippen LogP contribution in [0.15, 0.2) is 12.2 Å². The van der Waals surface area contributed by atoms with E-state index in [-0.39, 0.29) is 37.4 Å². The summed E-state index contributed by atoms with van der Waals surface area (Å²) in [4.78, 5) is 35.4. The van der Waals surface area contributed by atoms with Crippen LogP contribution in [0.5, 0.6) is 0 Å². The molecule has 0 aliphatic carbocycles. The largest absolute Gasteiger partial charge is 0.458 e. The third kappa shape index (κ3) is 11.5. The average molecular weight is 388 g/mol. The molecule has 27 heavy (non-hydrogen) atoms. The molecule has 0 aromatic heterocycles. The summed E-state index contributed by atoms with van der Waals surface area (Å²) in [6.07, 6.45) is -0.931. The Kier molecular flexibility index (Phi) is 10.4. The van der Waals surface area contributed by atoms with Crippen molar-refractivity contribution in [3.05, 3.63) is 12.2 Å². The van der Waals surface area contributed by atoms with Crippen LogP contribution >= 0.6 is 0 Å². The van der Waals surface area contributed by atoms with Gasteiger partial charge in [0.15, 0.2) is 11.9 Å². The Bertz CT molecular complexity index is 530. The normalized spacial score (nSPS) is 13.0. The number of carbonyl (C=O) groups excluding carboxylic acids is 3. The molecule has 0 aromatic carbocycles. The van der Waals surface area contributed by atoms with Crippen LogP contribution in [0.25, 0.3) is 0 Å². The van der Waals surface area contributed by atoms with E-state index in [9.17, 15) is 24.6 Å². The van der Waals surface area contributed by atoms with Crippen molar-refractivity contribution in [1.82, 2.24) is 0 Å². The molecular weight excluding hydrogens is 356 g/mol. The number of ketones is 1. The van der Waals surface area contributed by atoms with Crippen molar-refractivity contribution >= 4 is 17.7 Å². The van der Waals surface area contributed by atoms with Crippen LogP contribution < -0.4 is 0 Å². The van der Waals surface area contributed by atoms with Crippen molar-refractivity contribution in [2.75, 3.05) is 19.8 Å². The van der Waals surface area contributed by atoms with Gasteiger partial charge in [0.1, 0.15) is 12.2 Å². The molecule has 0 rings (SSSR count). The van der Waals surface area contributed by atoms with E-state index in [1.807, 2.05) is 0 Å². The Morgan fingerprint density at radius 1 is 1.11 bits per heavy atom. The zero-order valence-electron chi connectivity index (χ0n) is 16.9. The minimum absolute atomic E-state index is 0.0992. The van der Waals surface area contributed by atoms with Gasteiger partial charge in [-0.2, -0.15) is 0 Å². The van der Waals surface area contributed by atoms with Crippen LogP contribution in [0.4, 0.5) is 0 Å². The lowest BCUT2D eigenvalue weighted by Gasteiger charge is -2.26. The molecule has 0 aliphatic heterocycles. The van der Waals surface area contributed by atoms with Gasteiger partial charge in [-0.05, 0) is 41.0 Å². The highest BCUT2D eigenvalue weighted by atomic mass is 16.6. The summed E-state index contributed by atoms with van der Waals surface area (Å²) in [5, 5.41) is 18.9. The zero-order valence-corrected chi connectivity index (χ0v) is 16.9. The molecule has 156 valence electrons. The van der Waals surface area contributed by atoms with E-state index in [2.05, 4.69) is 6.58 Å². The molecule has 0 spiro atoms. The van der Waals surface area contributed by atoms with Crippen molar-refractivity contribution in [2.45, 2.75) is 71.2 Å². The number of hydrogen-bond acceptors (Lipinski definition) is 8. The third-order valence-corrected chi connectivity index (χ3v) is 3.66. The van der Waals surface area contributed by atoms with Gasteiger partial charge in [0, 0.05) is 12.0 Å². The second-order valence-electron chi connectivity index (χ2n) is 7.52. The predicted octanol–water partition coefficient (Wildman–Crippen LogP) is 1.32. The van der Waals surface area contributed by atoms with Crippen molar-refractivity contribution in [3.8, 4) is 0 Å². The van der Waals surface area contributed by atoms with Gasteiger partial charge in [-0.15, -0.1) is 0 Å². The molecule has 0 amide bonds. The summed E-state index contributed by atoms with van der Waals surface area (Å²) in [5.41, 5.74) is -1.80. The third-order valence-electron chi connectivity index (χ3n) is 3.66. The Morgan fingerprint density at radius 3 is 2.19 bits per heavy atom. The molecule has 2 N–H and O–H groups in total.